The van der Waals surface area contributed by atoms with Gasteiger partial charge in [-0.1, -0.05) is 24.3 Å². The minimum absolute atomic E-state index is 0.391. The molecule has 2 atom stereocenters. The molecular weight excluding hydrogens is 194 g/mol. The highest BCUT2D eigenvalue weighted by Gasteiger charge is 2.50. The lowest BCUT2D eigenvalue weighted by Crippen LogP contribution is -2.52. The van der Waals surface area contributed by atoms with E-state index in [0.29, 0.717) is 12.0 Å². The lowest BCUT2D eigenvalue weighted by Gasteiger charge is -2.25. The number of carbonyl (C=O) groups excluding carboxylic acids is 1. The van der Waals surface area contributed by atoms with Crippen LogP contribution in [0.3, 0.4) is 0 Å². The van der Waals surface area contributed by atoms with Gasteiger partial charge in [-0.25, -0.2) is 4.79 Å². The van der Waals surface area contributed by atoms with Crippen molar-refractivity contribution in [3.8, 4) is 0 Å². The van der Waals surface area contributed by atoms with Crippen LogP contribution in [0.2, 0.25) is 0 Å². The Morgan fingerprint density at radius 1 is 1.60 bits per heavy atom. The second kappa shape index (κ2) is 3.32. The van der Waals surface area contributed by atoms with Gasteiger partial charge in [-0.15, -0.1) is 0 Å². The highest BCUT2D eigenvalue weighted by atomic mass is 16.5. The highest BCUT2D eigenvalue weighted by Crippen LogP contribution is 2.35. The monoisotopic (exact) mass is 207 g/mol. The van der Waals surface area contributed by atoms with Crippen molar-refractivity contribution in [3.63, 3.8) is 0 Å². The van der Waals surface area contributed by atoms with Crippen molar-refractivity contribution in [2.75, 3.05) is 7.11 Å². The van der Waals surface area contributed by atoms with Crippen LogP contribution in [0.1, 0.15) is 11.1 Å². The van der Waals surface area contributed by atoms with E-state index in [9.17, 15) is 9.90 Å². The van der Waals surface area contributed by atoms with Gasteiger partial charge in [0, 0.05) is 6.42 Å². The summed E-state index contributed by atoms with van der Waals surface area (Å²) in [6, 6.07) is 7.26. The molecule has 4 heteroatoms. The van der Waals surface area contributed by atoms with Crippen LogP contribution in [0.25, 0.3) is 0 Å². The first-order valence-corrected chi connectivity index (χ1v) is 4.74. The number of rotatable bonds is 1. The fourth-order valence-corrected chi connectivity index (χ4v) is 2.07. The highest BCUT2D eigenvalue weighted by molar-refractivity contribution is 5.85. The van der Waals surface area contributed by atoms with E-state index in [1.54, 1.807) is 12.1 Å². The molecule has 0 unspecified atom stereocenters. The number of carbonyl (C=O) groups is 1. The molecule has 0 aromatic heterocycles. The van der Waals surface area contributed by atoms with E-state index in [1.807, 2.05) is 12.1 Å². The van der Waals surface area contributed by atoms with E-state index >= 15 is 0 Å². The molecule has 15 heavy (non-hydrogen) atoms. The fraction of sp³-hybridized carbons (Fsp3) is 0.364. The van der Waals surface area contributed by atoms with Gasteiger partial charge < -0.3 is 15.6 Å². The summed E-state index contributed by atoms with van der Waals surface area (Å²) in [6.45, 7) is 0. The molecule has 0 saturated carbocycles. The molecule has 2 rings (SSSR count). The lowest BCUT2D eigenvalue weighted by molar-refractivity contribution is -0.151. The zero-order chi connectivity index (χ0) is 11.1. The van der Waals surface area contributed by atoms with Crippen LogP contribution in [-0.2, 0) is 21.5 Å². The molecule has 1 aromatic carbocycles. The van der Waals surface area contributed by atoms with Crippen LogP contribution >= 0.6 is 0 Å². The van der Waals surface area contributed by atoms with Crippen molar-refractivity contribution >= 4 is 5.97 Å². The minimum Gasteiger partial charge on any atom is -0.467 e. The molecule has 0 fully saturated rings. The summed E-state index contributed by atoms with van der Waals surface area (Å²) in [6.07, 6.45) is -0.524. The van der Waals surface area contributed by atoms with Gasteiger partial charge in [0.1, 0.15) is 0 Å². The van der Waals surface area contributed by atoms with Crippen molar-refractivity contribution in [2.45, 2.75) is 18.1 Å². The molecule has 1 aliphatic rings. The van der Waals surface area contributed by atoms with Gasteiger partial charge in [0.05, 0.1) is 13.2 Å². The third-order valence-electron chi connectivity index (χ3n) is 2.93. The van der Waals surface area contributed by atoms with Gasteiger partial charge >= 0.3 is 5.97 Å². The van der Waals surface area contributed by atoms with Crippen LogP contribution in [0.15, 0.2) is 24.3 Å². The van der Waals surface area contributed by atoms with Gasteiger partial charge in [0.25, 0.3) is 0 Å². The Hall–Kier alpha value is -1.39. The molecule has 0 heterocycles. The standard InChI is InChI=1S/C11H13NO3/c1-15-10(14)11(12)8-5-3-2-4-7(8)6-9(11)13/h2-5,9,13H,6,12H2,1H3/t9-,11-/m1/s1. The number of hydrogen-bond acceptors (Lipinski definition) is 4. The Labute approximate surface area is 87.7 Å². The van der Waals surface area contributed by atoms with E-state index in [-0.39, 0.29) is 0 Å². The van der Waals surface area contributed by atoms with E-state index in [0.717, 1.165) is 5.56 Å². The third kappa shape index (κ3) is 1.26. The summed E-state index contributed by atoms with van der Waals surface area (Å²) >= 11 is 0. The maximum Gasteiger partial charge on any atom is 0.333 e. The maximum absolute atomic E-state index is 11.6. The average Bonchev–Trinajstić information content (AvgIpc) is 2.52. The average molecular weight is 207 g/mol. The number of benzene rings is 1. The molecule has 0 bridgehead atoms. The molecule has 80 valence electrons. The van der Waals surface area contributed by atoms with Crippen molar-refractivity contribution in [3.05, 3.63) is 35.4 Å². The molecule has 1 aromatic rings. The van der Waals surface area contributed by atoms with Crippen molar-refractivity contribution in [1.29, 1.82) is 0 Å². The molecule has 1 aliphatic carbocycles. The second-order valence-corrected chi connectivity index (χ2v) is 3.74. The Bertz CT molecular complexity index is 405. The first-order valence-electron chi connectivity index (χ1n) is 4.74. The van der Waals surface area contributed by atoms with Crippen molar-refractivity contribution in [1.82, 2.24) is 0 Å². The van der Waals surface area contributed by atoms with E-state index in [1.165, 1.54) is 7.11 Å². The number of ether oxygens (including phenoxy) is 1. The van der Waals surface area contributed by atoms with E-state index < -0.39 is 17.6 Å². The van der Waals surface area contributed by atoms with Crippen LogP contribution in [0.5, 0.6) is 0 Å². The molecular formula is C11H13NO3. The number of aliphatic hydroxyl groups is 1. The van der Waals surface area contributed by atoms with Crippen LogP contribution < -0.4 is 5.73 Å². The first-order chi connectivity index (χ1) is 7.10. The first kappa shape index (κ1) is 10.1. The molecule has 0 aliphatic heterocycles. The van der Waals surface area contributed by atoms with E-state index in [4.69, 9.17) is 5.73 Å². The van der Waals surface area contributed by atoms with Crippen molar-refractivity contribution in [2.24, 2.45) is 5.73 Å². The number of aliphatic hydroxyl groups excluding tert-OH is 1. The van der Waals surface area contributed by atoms with Gasteiger partial charge in [0.15, 0.2) is 5.54 Å². The van der Waals surface area contributed by atoms with Gasteiger partial charge in [-0.05, 0) is 11.1 Å². The molecule has 4 nitrogen and oxygen atoms in total. The largest absolute Gasteiger partial charge is 0.467 e. The quantitative estimate of drug-likeness (QED) is 0.632. The smallest absolute Gasteiger partial charge is 0.333 e. The zero-order valence-electron chi connectivity index (χ0n) is 8.43. The molecule has 0 spiro atoms. The normalized spacial score (nSPS) is 28.6. The number of hydrogen-bond donors (Lipinski definition) is 2. The summed E-state index contributed by atoms with van der Waals surface area (Å²) in [5.41, 5.74) is 6.09. The Balaban J connectivity index is 2.54. The second-order valence-electron chi connectivity index (χ2n) is 3.74. The number of methoxy groups -OCH3 is 1. The topological polar surface area (TPSA) is 72.5 Å². The Morgan fingerprint density at radius 3 is 2.93 bits per heavy atom. The zero-order valence-corrected chi connectivity index (χ0v) is 8.43. The lowest BCUT2D eigenvalue weighted by atomic mass is 9.91. The number of fused-ring (bicyclic) bond motifs is 1. The van der Waals surface area contributed by atoms with Crippen LogP contribution in [0.4, 0.5) is 0 Å². The Kier molecular flexibility index (Phi) is 2.25. The molecule has 0 radical (unpaired) electrons. The summed E-state index contributed by atoms with van der Waals surface area (Å²) in [5, 5.41) is 9.85. The maximum atomic E-state index is 11.6. The van der Waals surface area contributed by atoms with E-state index in [2.05, 4.69) is 4.74 Å². The SMILES string of the molecule is COC(=O)[C@@]1(N)c2ccccc2C[C@H]1O. The minimum atomic E-state index is -1.41. The number of nitrogens with two attached hydrogens (primary N) is 1. The van der Waals surface area contributed by atoms with Gasteiger partial charge in [0.2, 0.25) is 0 Å². The van der Waals surface area contributed by atoms with Crippen LogP contribution in [-0.4, -0.2) is 24.3 Å². The summed E-state index contributed by atoms with van der Waals surface area (Å²) < 4.78 is 4.64. The summed E-state index contributed by atoms with van der Waals surface area (Å²) in [4.78, 5) is 11.6. The predicted octanol–water partition coefficient (Wildman–Crippen LogP) is -0.0694. The molecule has 0 saturated heterocycles. The Morgan fingerprint density at radius 2 is 2.27 bits per heavy atom. The summed E-state index contributed by atoms with van der Waals surface area (Å²) in [7, 11) is 1.27. The number of esters is 1. The summed E-state index contributed by atoms with van der Waals surface area (Å²) in [5.74, 6) is -0.597. The molecule has 0 amide bonds. The van der Waals surface area contributed by atoms with Gasteiger partial charge in [-0.2, -0.15) is 0 Å². The van der Waals surface area contributed by atoms with Crippen LogP contribution in [0, 0.1) is 0 Å². The fourth-order valence-electron chi connectivity index (χ4n) is 2.07. The van der Waals surface area contributed by atoms with Crippen molar-refractivity contribution < 1.29 is 14.6 Å². The predicted molar refractivity (Wildman–Crippen MR) is 54.0 cm³/mol. The molecule has 3 N–H and O–H groups in total. The third-order valence-corrected chi connectivity index (χ3v) is 2.93. The van der Waals surface area contributed by atoms with Gasteiger partial charge in [-0.3, -0.25) is 0 Å².